The average molecular weight is 437 g/mol. The highest BCUT2D eigenvalue weighted by Crippen LogP contribution is 2.28. The second-order valence-electron chi connectivity index (χ2n) is 7.46. The maximum atomic E-state index is 12.4. The predicted molar refractivity (Wildman–Crippen MR) is 120 cm³/mol. The van der Waals surface area contributed by atoms with Crippen LogP contribution in [0, 0.1) is 20.8 Å². The molecule has 1 amide bonds. The molecular formula is C22H29ClN2O3S. The van der Waals surface area contributed by atoms with Crippen molar-refractivity contribution in [3.8, 4) is 0 Å². The van der Waals surface area contributed by atoms with Gasteiger partial charge in [-0.1, -0.05) is 35.9 Å². The van der Waals surface area contributed by atoms with Crippen molar-refractivity contribution >= 4 is 33.2 Å². The number of anilines is 1. The summed E-state index contributed by atoms with van der Waals surface area (Å²) < 4.78 is 25.9. The van der Waals surface area contributed by atoms with Crippen LogP contribution in [0.25, 0.3) is 0 Å². The Morgan fingerprint density at radius 2 is 1.83 bits per heavy atom. The van der Waals surface area contributed by atoms with Crippen LogP contribution in [0.4, 0.5) is 5.69 Å². The van der Waals surface area contributed by atoms with Crippen molar-refractivity contribution in [2.24, 2.45) is 0 Å². The number of sulfonamides is 1. The summed E-state index contributed by atoms with van der Waals surface area (Å²) in [5, 5.41) is 3.50. The molecule has 0 spiro atoms. The van der Waals surface area contributed by atoms with Gasteiger partial charge in [0.2, 0.25) is 15.9 Å². The summed E-state index contributed by atoms with van der Waals surface area (Å²) in [6.45, 7) is 8.04. The minimum Gasteiger partial charge on any atom is -0.350 e. The van der Waals surface area contributed by atoms with E-state index in [1.54, 1.807) is 25.1 Å². The van der Waals surface area contributed by atoms with E-state index in [9.17, 15) is 13.2 Å². The van der Waals surface area contributed by atoms with Gasteiger partial charge in [0.25, 0.3) is 0 Å². The second-order valence-corrected chi connectivity index (χ2v) is 9.77. The lowest BCUT2D eigenvalue weighted by molar-refractivity contribution is -0.121. The molecule has 0 aliphatic carbocycles. The largest absolute Gasteiger partial charge is 0.350 e. The highest BCUT2D eigenvalue weighted by molar-refractivity contribution is 7.92. The third-order valence-corrected chi connectivity index (χ3v) is 6.67. The van der Waals surface area contributed by atoms with Gasteiger partial charge in [-0.2, -0.15) is 0 Å². The fourth-order valence-corrected chi connectivity index (χ4v) is 4.33. The number of aryl methyl sites for hydroxylation is 2. The molecule has 158 valence electrons. The van der Waals surface area contributed by atoms with Gasteiger partial charge in [0, 0.05) is 18.0 Å². The van der Waals surface area contributed by atoms with Crippen LogP contribution < -0.4 is 9.62 Å². The first-order valence-corrected chi connectivity index (χ1v) is 11.8. The molecule has 5 nitrogen and oxygen atoms in total. The molecule has 0 aliphatic heterocycles. The van der Waals surface area contributed by atoms with Crippen LogP contribution in [-0.4, -0.2) is 27.1 Å². The van der Waals surface area contributed by atoms with Gasteiger partial charge in [-0.15, -0.1) is 0 Å². The molecule has 1 N–H and O–H groups in total. The van der Waals surface area contributed by atoms with Crippen molar-refractivity contribution in [1.29, 1.82) is 0 Å². The van der Waals surface area contributed by atoms with Crippen LogP contribution in [0.2, 0.25) is 5.02 Å². The molecule has 0 unspecified atom stereocenters. The van der Waals surface area contributed by atoms with Crippen molar-refractivity contribution in [3.63, 3.8) is 0 Å². The standard InChI is InChI=1S/C22H29ClN2O3S/c1-15-11-12-19(14-16(15)2)18(4)24-22(26)10-7-13-25(29(5,27)28)21-9-6-8-20(23)17(21)3/h6,8-9,11-12,14,18H,7,10,13H2,1-5H3,(H,24,26)/t18-/m1/s1. The quantitative estimate of drug-likeness (QED) is 0.652. The van der Waals surface area contributed by atoms with Gasteiger partial charge in [0.15, 0.2) is 0 Å². The first-order chi connectivity index (χ1) is 13.5. The average Bonchev–Trinajstić information content (AvgIpc) is 2.63. The maximum Gasteiger partial charge on any atom is 0.232 e. The summed E-state index contributed by atoms with van der Waals surface area (Å²) in [7, 11) is -3.49. The van der Waals surface area contributed by atoms with Crippen LogP contribution in [0.5, 0.6) is 0 Å². The minimum atomic E-state index is -3.49. The number of hydrogen-bond donors (Lipinski definition) is 1. The van der Waals surface area contributed by atoms with Crippen molar-refractivity contribution in [3.05, 3.63) is 63.7 Å². The lowest BCUT2D eigenvalue weighted by atomic mass is 10.0. The van der Waals surface area contributed by atoms with Gasteiger partial charge in [0.05, 0.1) is 18.0 Å². The van der Waals surface area contributed by atoms with Crippen LogP contribution >= 0.6 is 11.6 Å². The molecule has 0 aromatic heterocycles. The molecule has 0 bridgehead atoms. The van der Waals surface area contributed by atoms with Crippen LogP contribution in [0.3, 0.4) is 0 Å². The second kappa shape index (κ2) is 9.63. The smallest absolute Gasteiger partial charge is 0.232 e. The molecule has 1 atom stereocenters. The number of carbonyl (C=O) groups is 1. The number of rotatable bonds is 8. The third-order valence-electron chi connectivity index (χ3n) is 5.08. The van der Waals surface area contributed by atoms with E-state index in [1.807, 2.05) is 26.0 Å². The monoisotopic (exact) mass is 436 g/mol. The van der Waals surface area contributed by atoms with Gasteiger partial charge in [-0.25, -0.2) is 8.42 Å². The zero-order valence-electron chi connectivity index (χ0n) is 17.6. The van der Waals surface area contributed by atoms with E-state index in [0.29, 0.717) is 22.7 Å². The Morgan fingerprint density at radius 1 is 1.14 bits per heavy atom. The highest BCUT2D eigenvalue weighted by atomic mass is 35.5. The summed E-state index contributed by atoms with van der Waals surface area (Å²) in [4.78, 5) is 12.4. The molecule has 0 fully saturated rings. The Labute approximate surface area is 179 Å². The molecule has 0 radical (unpaired) electrons. The molecule has 0 aliphatic rings. The number of nitrogens with zero attached hydrogens (tertiary/aromatic N) is 1. The SMILES string of the molecule is Cc1ccc([C@@H](C)NC(=O)CCCN(c2cccc(Cl)c2C)S(C)(=O)=O)cc1C. The summed E-state index contributed by atoms with van der Waals surface area (Å²) in [5.74, 6) is -0.105. The normalized spacial score (nSPS) is 12.5. The Hall–Kier alpha value is -2.05. The van der Waals surface area contributed by atoms with Gasteiger partial charge in [0.1, 0.15) is 0 Å². The first kappa shape index (κ1) is 23.2. The molecule has 0 saturated heterocycles. The predicted octanol–water partition coefficient (Wildman–Crippen LogP) is 4.69. The first-order valence-electron chi connectivity index (χ1n) is 9.60. The summed E-state index contributed by atoms with van der Waals surface area (Å²) in [6.07, 6.45) is 1.81. The number of carbonyl (C=O) groups excluding carboxylic acids is 1. The van der Waals surface area contributed by atoms with Gasteiger partial charge < -0.3 is 5.32 Å². The van der Waals surface area contributed by atoms with Gasteiger partial charge >= 0.3 is 0 Å². The Morgan fingerprint density at radius 3 is 2.45 bits per heavy atom. The molecule has 2 aromatic carbocycles. The van der Waals surface area contributed by atoms with E-state index in [2.05, 4.69) is 18.3 Å². The van der Waals surface area contributed by atoms with E-state index in [1.165, 1.54) is 15.4 Å². The lowest BCUT2D eigenvalue weighted by Crippen LogP contribution is -2.33. The van der Waals surface area contributed by atoms with E-state index >= 15 is 0 Å². The van der Waals surface area contributed by atoms with E-state index < -0.39 is 10.0 Å². The number of hydrogen-bond acceptors (Lipinski definition) is 3. The molecule has 0 heterocycles. The number of nitrogens with one attached hydrogen (secondary N) is 1. The Bertz CT molecular complexity index is 990. The van der Waals surface area contributed by atoms with Crippen LogP contribution in [0.15, 0.2) is 36.4 Å². The molecule has 0 saturated carbocycles. The van der Waals surface area contributed by atoms with Crippen molar-refractivity contribution in [2.75, 3.05) is 17.1 Å². The summed E-state index contributed by atoms with van der Waals surface area (Å²) >= 11 is 6.14. The maximum absolute atomic E-state index is 12.4. The van der Waals surface area contributed by atoms with Crippen molar-refractivity contribution in [1.82, 2.24) is 5.32 Å². The van der Waals surface area contributed by atoms with E-state index in [0.717, 1.165) is 11.8 Å². The van der Waals surface area contributed by atoms with Crippen LogP contribution in [-0.2, 0) is 14.8 Å². The lowest BCUT2D eigenvalue weighted by Gasteiger charge is -2.24. The molecular weight excluding hydrogens is 408 g/mol. The molecule has 2 rings (SSSR count). The number of benzene rings is 2. The van der Waals surface area contributed by atoms with Gasteiger partial charge in [-0.05, 0) is 68.5 Å². The van der Waals surface area contributed by atoms with Gasteiger partial charge in [-0.3, -0.25) is 9.10 Å². The fraction of sp³-hybridized carbons (Fsp3) is 0.409. The Kier molecular flexibility index (Phi) is 7.72. The molecule has 2 aromatic rings. The molecule has 7 heteroatoms. The van der Waals surface area contributed by atoms with Crippen LogP contribution in [0.1, 0.15) is 48.1 Å². The summed E-state index contributed by atoms with van der Waals surface area (Å²) in [5.41, 5.74) is 4.69. The minimum absolute atomic E-state index is 0.105. The summed E-state index contributed by atoms with van der Waals surface area (Å²) in [6, 6.07) is 11.2. The topological polar surface area (TPSA) is 66.5 Å². The molecule has 29 heavy (non-hydrogen) atoms. The van der Waals surface area contributed by atoms with Crippen molar-refractivity contribution in [2.45, 2.75) is 46.6 Å². The highest BCUT2D eigenvalue weighted by Gasteiger charge is 2.20. The zero-order chi connectivity index (χ0) is 21.8. The van der Waals surface area contributed by atoms with Crippen molar-refractivity contribution < 1.29 is 13.2 Å². The third kappa shape index (κ3) is 6.21. The fourth-order valence-electron chi connectivity index (χ4n) is 3.15. The number of halogens is 1. The zero-order valence-corrected chi connectivity index (χ0v) is 19.2. The van der Waals surface area contributed by atoms with E-state index in [4.69, 9.17) is 11.6 Å². The number of amides is 1. The Balaban J connectivity index is 1.99. The van der Waals surface area contributed by atoms with E-state index in [-0.39, 0.29) is 24.9 Å².